The number of carbonyl (C=O) groups excluding carboxylic acids is 2. The van der Waals surface area contributed by atoms with Gasteiger partial charge in [-0.05, 0) is 37.5 Å². The van der Waals surface area contributed by atoms with Crippen molar-refractivity contribution in [1.29, 1.82) is 0 Å². The molecule has 2 aromatic rings. The molecule has 5 nitrogen and oxygen atoms in total. The number of anilines is 1. The van der Waals surface area contributed by atoms with Crippen LogP contribution in [0.3, 0.4) is 0 Å². The Balaban J connectivity index is 1.57. The lowest BCUT2D eigenvalue weighted by molar-refractivity contribution is 0.0972. The van der Waals surface area contributed by atoms with E-state index in [9.17, 15) is 9.59 Å². The molecule has 3 rings (SSSR count). The first-order chi connectivity index (χ1) is 11.5. The first-order valence-electron chi connectivity index (χ1n) is 8.16. The number of Topliss-reactive ketones (excluding diaryl/α,β-unsaturated/α-hetero) is 1. The molecular formula is C18H21N3O2S. The Morgan fingerprint density at radius 3 is 2.96 bits per heavy atom. The van der Waals surface area contributed by atoms with Gasteiger partial charge in [-0.2, -0.15) is 0 Å². The van der Waals surface area contributed by atoms with Crippen LogP contribution in [0, 0.1) is 6.92 Å². The zero-order valence-electron chi connectivity index (χ0n) is 13.9. The number of carbonyl (C=O) groups is 2. The molecule has 0 spiro atoms. The van der Waals surface area contributed by atoms with Crippen LogP contribution in [0.1, 0.15) is 52.3 Å². The van der Waals surface area contributed by atoms with Crippen molar-refractivity contribution < 1.29 is 9.59 Å². The van der Waals surface area contributed by atoms with Crippen molar-refractivity contribution in [1.82, 2.24) is 10.3 Å². The van der Waals surface area contributed by atoms with Crippen LogP contribution in [0.25, 0.3) is 0 Å². The smallest absolute Gasteiger partial charge is 0.319 e. The van der Waals surface area contributed by atoms with Crippen molar-refractivity contribution in [3.8, 4) is 0 Å². The first kappa shape index (κ1) is 16.6. The first-order valence-corrected chi connectivity index (χ1v) is 9.04. The minimum Gasteiger partial charge on any atom is -0.337 e. The van der Waals surface area contributed by atoms with Gasteiger partial charge in [-0.25, -0.2) is 9.78 Å². The van der Waals surface area contributed by atoms with Crippen LogP contribution in [-0.2, 0) is 6.42 Å². The van der Waals surface area contributed by atoms with E-state index in [1.807, 2.05) is 31.4 Å². The Morgan fingerprint density at radius 1 is 1.38 bits per heavy atom. The molecule has 6 heteroatoms. The molecule has 1 heterocycles. The van der Waals surface area contributed by atoms with Crippen molar-refractivity contribution in [2.24, 2.45) is 0 Å². The van der Waals surface area contributed by atoms with Crippen molar-refractivity contribution in [3.05, 3.63) is 45.4 Å². The zero-order chi connectivity index (χ0) is 17.1. The normalized spacial score (nSPS) is 14.8. The van der Waals surface area contributed by atoms with Crippen LogP contribution < -0.4 is 10.6 Å². The molecule has 0 radical (unpaired) electrons. The van der Waals surface area contributed by atoms with Gasteiger partial charge in [0, 0.05) is 41.2 Å². The maximum absolute atomic E-state index is 12.1. The maximum Gasteiger partial charge on any atom is 0.319 e. The van der Waals surface area contributed by atoms with Crippen LogP contribution in [-0.4, -0.2) is 23.3 Å². The summed E-state index contributed by atoms with van der Waals surface area (Å²) in [5, 5.41) is 8.70. The largest absolute Gasteiger partial charge is 0.337 e. The van der Waals surface area contributed by atoms with E-state index in [4.69, 9.17) is 0 Å². The molecule has 24 heavy (non-hydrogen) atoms. The number of aromatic nitrogens is 1. The number of hydrogen-bond donors (Lipinski definition) is 2. The predicted molar refractivity (Wildman–Crippen MR) is 96.0 cm³/mol. The summed E-state index contributed by atoms with van der Waals surface area (Å²) in [6.45, 7) is 4.52. The highest BCUT2D eigenvalue weighted by molar-refractivity contribution is 7.09. The monoisotopic (exact) mass is 343 g/mol. The lowest BCUT2D eigenvalue weighted by Crippen LogP contribution is -2.31. The summed E-state index contributed by atoms with van der Waals surface area (Å²) < 4.78 is 0. The minimum atomic E-state index is -0.265. The highest BCUT2D eigenvalue weighted by Crippen LogP contribution is 2.24. The predicted octanol–water partition coefficient (Wildman–Crippen LogP) is 3.90. The fraction of sp³-hybridized carbons (Fsp3) is 0.389. The molecule has 0 saturated carbocycles. The highest BCUT2D eigenvalue weighted by atomic mass is 32.1. The molecule has 2 amide bonds. The molecule has 0 unspecified atom stereocenters. The van der Waals surface area contributed by atoms with Crippen LogP contribution in [0.2, 0.25) is 0 Å². The van der Waals surface area contributed by atoms with Gasteiger partial charge in [0.05, 0.1) is 5.01 Å². The minimum absolute atomic E-state index is 0.160. The lowest BCUT2D eigenvalue weighted by Gasteiger charge is -2.16. The molecule has 0 bridgehead atoms. The summed E-state index contributed by atoms with van der Waals surface area (Å²) in [5.74, 6) is 0.327. The fourth-order valence-electron chi connectivity index (χ4n) is 2.81. The van der Waals surface area contributed by atoms with Crippen LogP contribution in [0.4, 0.5) is 10.5 Å². The van der Waals surface area contributed by atoms with Crippen LogP contribution in [0.15, 0.2) is 23.6 Å². The van der Waals surface area contributed by atoms with Gasteiger partial charge in [-0.1, -0.05) is 13.0 Å². The van der Waals surface area contributed by atoms with E-state index in [-0.39, 0.29) is 17.7 Å². The second-order valence-electron chi connectivity index (χ2n) is 6.21. The fourth-order valence-corrected chi connectivity index (χ4v) is 3.67. The van der Waals surface area contributed by atoms with E-state index in [1.165, 1.54) is 0 Å². The van der Waals surface area contributed by atoms with Crippen LogP contribution >= 0.6 is 11.3 Å². The Kier molecular flexibility index (Phi) is 4.94. The number of urea groups is 1. The van der Waals surface area contributed by atoms with Gasteiger partial charge in [0.2, 0.25) is 0 Å². The van der Waals surface area contributed by atoms with E-state index in [0.717, 1.165) is 34.7 Å². The van der Waals surface area contributed by atoms with Gasteiger partial charge in [0.25, 0.3) is 0 Å². The van der Waals surface area contributed by atoms with Crippen LogP contribution in [0.5, 0.6) is 0 Å². The average Bonchev–Trinajstić information content (AvgIpc) is 3.00. The average molecular weight is 343 g/mol. The summed E-state index contributed by atoms with van der Waals surface area (Å²) in [7, 11) is 0. The van der Waals surface area contributed by atoms with E-state index in [0.29, 0.717) is 18.7 Å². The molecular weight excluding hydrogens is 322 g/mol. The molecule has 1 aromatic carbocycles. The van der Waals surface area contributed by atoms with Crippen molar-refractivity contribution in [3.63, 3.8) is 0 Å². The van der Waals surface area contributed by atoms with E-state index in [1.54, 1.807) is 17.4 Å². The summed E-state index contributed by atoms with van der Waals surface area (Å²) in [5.41, 5.74) is 3.47. The second kappa shape index (κ2) is 7.13. The third kappa shape index (κ3) is 3.82. The number of nitrogens with zero attached hydrogens (tertiary/aromatic N) is 1. The van der Waals surface area contributed by atoms with E-state index in [2.05, 4.69) is 15.6 Å². The Morgan fingerprint density at radius 2 is 2.21 bits per heavy atom. The molecule has 126 valence electrons. The number of rotatable bonds is 4. The molecule has 1 atom stereocenters. The summed E-state index contributed by atoms with van der Waals surface area (Å²) in [6.07, 6.45) is 2.43. The van der Waals surface area contributed by atoms with Crippen molar-refractivity contribution >= 4 is 28.8 Å². The number of hydrogen-bond acceptors (Lipinski definition) is 4. The lowest BCUT2D eigenvalue weighted by atomic mass is 9.90. The number of thiazole rings is 1. The summed E-state index contributed by atoms with van der Waals surface area (Å²) in [6, 6.07) is 5.30. The van der Waals surface area contributed by atoms with Crippen molar-refractivity contribution in [2.45, 2.75) is 39.0 Å². The standard InChI is InChI=1S/C18H21N3O2S/c1-11(17-20-12(2)10-24-17)9-19-18(23)21-14-7-6-13-4-3-5-16(22)15(13)8-14/h6-8,10-11H,3-5,9H2,1-2H3,(H2,19,21,23)/t11-/m0/s1. The third-order valence-corrected chi connectivity index (χ3v) is 5.34. The molecule has 1 aliphatic rings. The van der Waals surface area contributed by atoms with Gasteiger partial charge >= 0.3 is 6.03 Å². The zero-order valence-corrected chi connectivity index (χ0v) is 14.7. The number of aryl methyl sites for hydroxylation is 2. The summed E-state index contributed by atoms with van der Waals surface area (Å²) in [4.78, 5) is 28.5. The maximum atomic E-state index is 12.1. The molecule has 0 saturated heterocycles. The van der Waals surface area contributed by atoms with E-state index < -0.39 is 0 Å². The number of benzene rings is 1. The van der Waals surface area contributed by atoms with Gasteiger partial charge in [0.1, 0.15) is 0 Å². The van der Waals surface area contributed by atoms with Crippen molar-refractivity contribution in [2.75, 3.05) is 11.9 Å². The molecule has 0 fully saturated rings. The quantitative estimate of drug-likeness (QED) is 0.884. The third-order valence-electron chi connectivity index (χ3n) is 4.15. The molecule has 1 aromatic heterocycles. The van der Waals surface area contributed by atoms with Gasteiger partial charge in [-0.15, -0.1) is 11.3 Å². The number of nitrogens with one attached hydrogen (secondary N) is 2. The van der Waals surface area contributed by atoms with E-state index >= 15 is 0 Å². The molecule has 1 aliphatic carbocycles. The van der Waals surface area contributed by atoms with Gasteiger partial charge in [-0.3, -0.25) is 4.79 Å². The number of ketones is 1. The second-order valence-corrected chi connectivity index (χ2v) is 7.10. The van der Waals surface area contributed by atoms with Gasteiger partial charge in [0.15, 0.2) is 5.78 Å². The van der Waals surface area contributed by atoms with Gasteiger partial charge < -0.3 is 10.6 Å². The number of amides is 2. The Labute approximate surface area is 145 Å². The summed E-state index contributed by atoms with van der Waals surface area (Å²) >= 11 is 1.61. The Bertz CT molecular complexity index is 769. The SMILES string of the molecule is Cc1csc([C@@H](C)CNC(=O)Nc2ccc3c(c2)C(=O)CCC3)n1. The topological polar surface area (TPSA) is 71.1 Å². The number of fused-ring (bicyclic) bond motifs is 1. The molecule has 2 N–H and O–H groups in total. The molecule has 0 aliphatic heterocycles. The highest BCUT2D eigenvalue weighted by Gasteiger charge is 2.18. The Hall–Kier alpha value is -2.21.